The van der Waals surface area contributed by atoms with Gasteiger partial charge >= 0.3 is 5.97 Å². The van der Waals surface area contributed by atoms with Crippen LogP contribution in [0.1, 0.15) is 6.42 Å². The lowest BCUT2D eigenvalue weighted by Gasteiger charge is -2.49. The minimum atomic E-state index is -2.97. The standard InChI is InChI=1S/C11H19NO10/c12-11(6(17)3-14)5(16)1-10(21,9(19)20)22-8(11)7(18)4(15)2-13/h4-5,7-8,13-16,18,21H,1-3,12H2,(H,19,20)/t4-,5+,7-,8+,10+,11+/m1/s1. The number of aliphatic hydroxyl groups is 6. The summed E-state index contributed by atoms with van der Waals surface area (Å²) in [5.41, 5.74) is 3.18. The molecule has 0 aromatic rings. The molecule has 11 heteroatoms. The topological polar surface area (TPSA) is 211 Å². The maximum absolute atomic E-state index is 11.8. The summed E-state index contributed by atoms with van der Waals surface area (Å²) in [6.07, 6.45) is -9.14. The molecule has 9 N–H and O–H groups in total. The number of nitrogens with two attached hydrogens (primary N) is 1. The average molecular weight is 325 g/mol. The molecule has 22 heavy (non-hydrogen) atoms. The van der Waals surface area contributed by atoms with E-state index in [9.17, 15) is 30.0 Å². The number of hydrogen-bond acceptors (Lipinski definition) is 10. The van der Waals surface area contributed by atoms with E-state index in [4.69, 9.17) is 25.8 Å². The predicted molar refractivity (Wildman–Crippen MR) is 66.2 cm³/mol. The normalized spacial score (nSPS) is 38.3. The molecular formula is C11H19NO10. The Labute approximate surface area is 124 Å². The van der Waals surface area contributed by atoms with Gasteiger partial charge in [0.1, 0.15) is 30.5 Å². The summed E-state index contributed by atoms with van der Waals surface area (Å²) < 4.78 is 4.75. The molecule has 0 spiro atoms. The van der Waals surface area contributed by atoms with Crippen molar-refractivity contribution in [1.29, 1.82) is 0 Å². The number of hydrogen-bond donors (Lipinski definition) is 8. The van der Waals surface area contributed by atoms with Gasteiger partial charge in [-0.3, -0.25) is 4.79 Å². The Kier molecular flexibility index (Phi) is 5.59. The molecular weight excluding hydrogens is 306 g/mol. The lowest BCUT2D eigenvalue weighted by atomic mass is 9.74. The number of carbonyl (C=O) groups excluding carboxylic acids is 1. The number of ether oxygens (including phenoxy) is 1. The lowest BCUT2D eigenvalue weighted by Crippen LogP contribution is -2.76. The fraction of sp³-hybridized carbons (Fsp3) is 0.818. The van der Waals surface area contributed by atoms with Crippen LogP contribution < -0.4 is 5.73 Å². The molecule has 1 heterocycles. The fourth-order valence-electron chi connectivity index (χ4n) is 2.26. The molecule has 11 nitrogen and oxygen atoms in total. The highest BCUT2D eigenvalue weighted by Crippen LogP contribution is 2.36. The van der Waals surface area contributed by atoms with E-state index < -0.39 is 67.1 Å². The average Bonchev–Trinajstić information content (AvgIpc) is 2.48. The highest BCUT2D eigenvalue weighted by Gasteiger charge is 2.62. The van der Waals surface area contributed by atoms with E-state index in [1.165, 1.54) is 0 Å². The first-order chi connectivity index (χ1) is 10.0. The highest BCUT2D eigenvalue weighted by molar-refractivity contribution is 5.91. The zero-order valence-corrected chi connectivity index (χ0v) is 11.4. The van der Waals surface area contributed by atoms with Crippen LogP contribution in [0.5, 0.6) is 0 Å². The molecule has 1 saturated heterocycles. The predicted octanol–water partition coefficient (Wildman–Crippen LogP) is -5.12. The third-order valence-electron chi connectivity index (χ3n) is 3.67. The van der Waals surface area contributed by atoms with Gasteiger partial charge in [-0.1, -0.05) is 0 Å². The molecule has 0 saturated carbocycles. The Morgan fingerprint density at radius 1 is 1.32 bits per heavy atom. The Balaban J connectivity index is 3.31. The van der Waals surface area contributed by atoms with Gasteiger partial charge in [-0.05, 0) is 0 Å². The molecule has 0 aliphatic carbocycles. The zero-order valence-electron chi connectivity index (χ0n) is 11.4. The van der Waals surface area contributed by atoms with Gasteiger partial charge in [0, 0.05) is 6.42 Å². The highest BCUT2D eigenvalue weighted by atomic mass is 16.7. The molecule has 0 radical (unpaired) electrons. The lowest BCUT2D eigenvalue weighted by molar-refractivity contribution is -0.304. The van der Waals surface area contributed by atoms with Crippen molar-refractivity contribution >= 4 is 11.8 Å². The van der Waals surface area contributed by atoms with Crippen LogP contribution in [0.3, 0.4) is 0 Å². The van der Waals surface area contributed by atoms with Gasteiger partial charge in [0.05, 0.1) is 12.7 Å². The first kappa shape index (κ1) is 18.9. The smallest absolute Gasteiger partial charge is 0.364 e. The second kappa shape index (κ2) is 6.52. The van der Waals surface area contributed by atoms with Crippen LogP contribution in [0.25, 0.3) is 0 Å². The third kappa shape index (κ3) is 2.98. The SMILES string of the molecule is N[C@]1(C(=O)CO)[C@@H](O)C[C@@](O)(C(=O)O)O[C@H]1[C@H](O)[C@H](O)CO. The largest absolute Gasteiger partial charge is 0.477 e. The van der Waals surface area contributed by atoms with Crippen LogP contribution in [0.15, 0.2) is 0 Å². The molecule has 1 fully saturated rings. The number of aliphatic carboxylic acids is 1. The quantitative estimate of drug-likeness (QED) is 0.231. The second-order valence-corrected chi connectivity index (χ2v) is 5.10. The van der Waals surface area contributed by atoms with E-state index in [2.05, 4.69) is 0 Å². The molecule has 0 unspecified atom stereocenters. The first-order valence-corrected chi connectivity index (χ1v) is 6.26. The van der Waals surface area contributed by atoms with E-state index in [0.717, 1.165) is 0 Å². The first-order valence-electron chi connectivity index (χ1n) is 6.26. The van der Waals surface area contributed by atoms with Gasteiger partial charge in [-0.15, -0.1) is 0 Å². The molecule has 0 bridgehead atoms. The minimum Gasteiger partial charge on any atom is -0.477 e. The van der Waals surface area contributed by atoms with E-state index in [0.29, 0.717) is 0 Å². The van der Waals surface area contributed by atoms with Gasteiger partial charge in [0.15, 0.2) is 5.78 Å². The van der Waals surface area contributed by atoms with Crippen molar-refractivity contribution < 1.29 is 50.1 Å². The summed E-state index contributed by atoms with van der Waals surface area (Å²) in [4.78, 5) is 22.8. The fourth-order valence-corrected chi connectivity index (χ4v) is 2.26. The van der Waals surface area contributed by atoms with Crippen molar-refractivity contribution in [2.24, 2.45) is 5.73 Å². The molecule has 6 atom stereocenters. The van der Waals surface area contributed by atoms with Crippen molar-refractivity contribution in [3.8, 4) is 0 Å². The van der Waals surface area contributed by atoms with Crippen molar-refractivity contribution in [3.05, 3.63) is 0 Å². The molecule has 1 aliphatic heterocycles. The van der Waals surface area contributed by atoms with Crippen LogP contribution >= 0.6 is 0 Å². The number of aliphatic hydroxyl groups excluding tert-OH is 5. The van der Waals surface area contributed by atoms with Gasteiger partial charge < -0.3 is 46.2 Å². The minimum absolute atomic E-state index is 0.994. The monoisotopic (exact) mass is 325 g/mol. The van der Waals surface area contributed by atoms with Crippen LogP contribution in [0.4, 0.5) is 0 Å². The van der Waals surface area contributed by atoms with E-state index in [-0.39, 0.29) is 0 Å². The van der Waals surface area contributed by atoms with Crippen molar-refractivity contribution in [2.75, 3.05) is 13.2 Å². The van der Waals surface area contributed by atoms with Crippen LogP contribution in [0.2, 0.25) is 0 Å². The molecule has 0 aromatic carbocycles. The number of carboxylic acids is 1. The number of rotatable bonds is 6. The summed E-state index contributed by atoms with van der Waals surface area (Å²) >= 11 is 0. The van der Waals surface area contributed by atoms with Gasteiger partial charge in [0.25, 0.3) is 5.79 Å². The Hall–Kier alpha value is -1.18. The molecule has 0 amide bonds. The maximum atomic E-state index is 11.8. The summed E-state index contributed by atoms with van der Waals surface area (Å²) in [5, 5.41) is 65.8. The summed E-state index contributed by atoms with van der Waals surface area (Å²) in [6, 6.07) is 0. The number of carboxylic acid groups (broad SMARTS) is 1. The molecule has 1 rings (SSSR count). The van der Waals surface area contributed by atoms with Crippen molar-refractivity contribution in [3.63, 3.8) is 0 Å². The van der Waals surface area contributed by atoms with Crippen LogP contribution in [0, 0.1) is 0 Å². The van der Waals surface area contributed by atoms with Gasteiger partial charge in [-0.25, -0.2) is 4.79 Å². The molecule has 0 aromatic heterocycles. The number of ketones is 1. The van der Waals surface area contributed by atoms with Crippen molar-refractivity contribution in [2.45, 2.75) is 42.2 Å². The number of Topliss-reactive ketones (excluding diaryl/α,β-unsaturated/α-hetero) is 1. The summed E-state index contributed by atoms with van der Waals surface area (Å²) in [6.45, 7) is -2.16. The third-order valence-corrected chi connectivity index (χ3v) is 3.67. The second-order valence-electron chi connectivity index (χ2n) is 5.10. The van der Waals surface area contributed by atoms with Gasteiger partial charge in [-0.2, -0.15) is 0 Å². The zero-order chi connectivity index (χ0) is 17.3. The van der Waals surface area contributed by atoms with E-state index in [1.54, 1.807) is 0 Å². The van der Waals surface area contributed by atoms with Crippen LogP contribution in [-0.2, 0) is 14.3 Å². The van der Waals surface area contributed by atoms with Gasteiger partial charge in [0.2, 0.25) is 0 Å². The molecule has 1 aliphatic rings. The maximum Gasteiger partial charge on any atom is 0.364 e. The summed E-state index contributed by atoms with van der Waals surface area (Å²) in [5.74, 6) is -6.10. The Morgan fingerprint density at radius 3 is 2.27 bits per heavy atom. The van der Waals surface area contributed by atoms with Crippen molar-refractivity contribution in [1.82, 2.24) is 0 Å². The van der Waals surface area contributed by atoms with Crippen LogP contribution in [-0.4, -0.2) is 96.5 Å². The van der Waals surface area contributed by atoms with E-state index >= 15 is 0 Å². The van der Waals surface area contributed by atoms with E-state index in [1.807, 2.05) is 0 Å². The molecule has 128 valence electrons. The number of carbonyl (C=O) groups is 2. The summed E-state index contributed by atoms with van der Waals surface area (Å²) in [7, 11) is 0. The Bertz CT molecular complexity index is 445. The Morgan fingerprint density at radius 2 is 1.86 bits per heavy atom.